The molecular weight excluding hydrogens is 307 g/mol. The molecular formula is C19H19FN2O2. The van der Waals surface area contributed by atoms with E-state index in [1.54, 1.807) is 11.0 Å². The van der Waals surface area contributed by atoms with E-state index in [2.05, 4.69) is 5.32 Å². The van der Waals surface area contributed by atoms with Gasteiger partial charge in [-0.3, -0.25) is 9.59 Å². The average Bonchev–Trinajstić information content (AvgIpc) is 2.92. The van der Waals surface area contributed by atoms with E-state index < -0.39 is 11.7 Å². The highest BCUT2D eigenvalue weighted by Crippen LogP contribution is 2.30. The van der Waals surface area contributed by atoms with Crippen LogP contribution in [0.4, 0.5) is 15.8 Å². The third-order valence-corrected chi connectivity index (χ3v) is 4.45. The fourth-order valence-corrected chi connectivity index (χ4v) is 2.95. The number of aryl methyl sites for hydroxylation is 1. The topological polar surface area (TPSA) is 49.4 Å². The molecule has 124 valence electrons. The van der Waals surface area contributed by atoms with Crippen LogP contribution in [0.2, 0.25) is 0 Å². The summed E-state index contributed by atoms with van der Waals surface area (Å²) in [4.78, 5) is 26.4. The first-order chi connectivity index (χ1) is 11.5. The molecule has 24 heavy (non-hydrogen) atoms. The summed E-state index contributed by atoms with van der Waals surface area (Å²) in [5.74, 6) is -1.18. The van der Waals surface area contributed by atoms with Crippen molar-refractivity contribution in [3.8, 4) is 0 Å². The lowest BCUT2D eigenvalue weighted by Crippen LogP contribution is -2.28. The number of benzene rings is 2. The number of rotatable bonds is 3. The highest BCUT2D eigenvalue weighted by atomic mass is 19.1. The van der Waals surface area contributed by atoms with Gasteiger partial charge in [-0.15, -0.1) is 0 Å². The van der Waals surface area contributed by atoms with Crippen LogP contribution in [0.1, 0.15) is 17.5 Å². The number of amides is 2. The third kappa shape index (κ3) is 3.15. The lowest BCUT2D eigenvalue weighted by molar-refractivity contribution is -0.122. The molecule has 0 radical (unpaired) electrons. The van der Waals surface area contributed by atoms with Gasteiger partial charge >= 0.3 is 0 Å². The van der Waals surface area contributed by atoms with E-state index in [1.165, 1.54) is 18.2 Å². The second-order valence-electron chi connectivity index (χ2n) is 6.12. The number of hydrogen-bond acceptors (Lipinski definition) is 2. The maximum atomic E-state index is 13.2. The second kappa shape index (κ2) is 6.43. The molecule has 0 aliphatic carbocycles. The van der Waals surface area contributed by atoms with Gasteiger partial charge in [-0.25, -0.2) is 4.39 Å². The summed E-state index contributed by atoms with van der Waals surface area (Å²) in [6.07, 6.45) is 0.161. The lowest BCUT2D eigenvalue weighted by atomic mass is 10.1. The first kappa shape index (κ1) is 16.2. The first-order valence-corrected chi connectivity index (χ1v) is 7.88. The maximum absolute atomic E-state index is 13.2. The molecule has 1 fully saturated rings. The van der Waals surface area contributed by atoms with Crippen LogP contribution in [-0.2, 0) is 9.59 Å². The smallest absolute Gasteiger partial charge is 0.229 e. The number of nitrogens with zero attached hydrogens (tertiary/aromatic N) is 1. The van der Waals surface area contributed by atoms with Crippen molar-refractivity contribution in [2.24, 2.45) is 5.92 Å². The van der Waals surface area contributed by atoms with Crippen LogP contribution < -0.4 is 10.2 Å². The molecule has 1 heterocycles. The highest BCUT2D eigenvalue weighted by Gasteiger charge is 2.35. The minimum absolute atomic E-state index is 0.0666. The fraction of sp³-hybridized carbons (Fsp3) is 0.263. The molecule has 2 aromatic carbocycles. The van der Waals surface area contributed by atoms with Gasteiger partial charge in [0.2, 0.25) is 11.8 Å². The molecule has 0 saturated carbocycles. The lowest BCUT2D eigenvalue weighted by Gasteiger charge is -2.20. The van der Waals surface area contributed by atoms with Gasteiger partial charge in [0.25, 0.3) is 0 Å². The molecule has 1 aliphatic rings. The Morgan fingerprint density at radius 1 is 1.21 bits per heavy atom. The molecule has 0 aromatic heterocycles. The summed E-state index contributed by atoms with van der Waals surface area (Å²) in [7, 11) is 0. The molecule has 1 atom stereocenters. The summed E-state index contributed by atoms with van der Waals surface area (Å²) in [5, 5.41) is 2.69. The Balaban J connectivity index is 1.74. The van der Waals surface area contributed by atoms with Crippen molar-refractivity contribution < 1.29 is 14.0 Å². The van der Waals surface area contributed by atoms with Gasteiger partial charge in [0, 0.05) is 24.3 Å². The molecule has 2 aromatic rings. The molecule has 3 rings (SSSR count). The average molecular weight is 326 g/mol. The summed E-state index contributed by atoms with van der Waals surface area (Å²) >= 11 is 0. The minimum Gasteiger partial charge on any atom is -0.326 e. The van der Waals surface area contributed by atoms with Crippen LogP contribution >= 0.6 is 0 Å². The normalized spacial score (nSPS) is 17.2. The maximum Gasteiger partial charge on any atom is 0.229 e. The Labute approximate surface area is 140 Å². The summed E-state index contributed by atoms with van der Waals surface area (Å²) < 4.78 is 13.2. The molecule has 1 aliphatic heterocycles. The molecule has 2 amide bonds. The van der Waals surface area contributed by atoms with E-state index in [0.717, 1.165) is 16.8 Å². The van der Waals surface area contributed by atoms with Gasteiger partial charge in [-0.1, -0.05) is 18.2 Å². The molecule has 1 N–H and O–H groups in total. The zero-order valence-electron chi connectivity index (χ0n) is 13.7. The zero-order valence-corrected chi connectivity index (χ0v) is 13.7. The van der Waals surface area contributed by atoms with Crippen molar-refractivity contribution >= 4 is 23.2 Å². The third-order valence-electron chi connectivity index (χ3n) is 4.45. The molecule has 1 unspecified atom stereocenters. The van der Waals surface area contributed by atoms with Crippen molar-refractivity contribution in [2.45, 2.75) is 20.3 Å². The van der Waals surface area contributed by atoms with Gasteiger partial charge in [0.05, 0.1) is 5.92 Å². The van der Waals surface area contributed by atoms with Crippen LogP contribution in [0.15, 0.2) is 42.5 Å². The van der Waals surface area contributed by atoms with Crippen molar-refractivity contribution in [1.82, 2.24) is 0 Å². The molecule has 5 heteroatoms. The Bertz CT molecular complexity index is 804. The van der Waals surface area contributed by atoms with E-state index >= 15 is 0 Å². The Morgan fingerprint density at radius 2 is 1.96 bits per heavy atom. The van der Waals surface area contributed by atoms with Gasteiger partial charge in [0.1, 0.15) is 5.82 Å². The molecule has 4 nitrogen and oxygen atoms in total. The SMILES string of the molecule is Cc1cccc(N2CC(C(=O)Nc3cccc(F)c3)CC2=O)c1C. The van der Waals surface area contributed by atoms with Gasteiger partial charge < -0.3 is 10.2 Å². The number of anilines is 2. The molecule has 0 bridgehead atoms. The van der Waals surface area contributed by atoms with Crippen LogP contribution in [0.5, 0.6) is 0 Å². The summed E-state index contributed by atoms with van der Waals surface area (Å²) in [5.41, 5.74) is 3.39. The van der Waals surface area contributed by atoms with E-state index in [4.69, 9.17) is 0 Å². The number of carbonyl (C=O) groups is 2. The monoisotopic (exact) mass is 326 g/mol. The van der Waals surface area contributed by atoms with Crippen molar-refractivity contribution in [3.63, 3.8) is 0 Å². The fourth-order valence-electron chi connectivity index (χ4n) is 2.95. The van der Waals surface area contributed by atoms with E-state index in [1.807, 2.05) is 32.0 Å². The number of carbonyl (C=O) groups excluding carboxylic acids is 2. The van der Waals surface area contributed by atoms with Crippen molar-refractivity contribution in [3.05, 3.63) is 59.4 Å². The van der Waals surface area contributed by atoms with Crippen molar-refractivity contribution in [1.29, 1.82) is 0 Å². The van der Waals surface area contributed by atoms with E-state index in [-0.39, 0.29) is 18.2 Å². The Hall–Kier alpha value is -2.69. The van der Waals surface area contributed by atoms with Gasteiger partial charge in [-0.2, -0.15) is 0 Å². The quantitative estimate of drug-likeness (QED) is 0.939. The van der Waals surface area contributed by atoms with Crippen LogP contribution in [0.3, 0.4) is 0 Å². The van der Waals surface area contributed by atoms with Crippen molar-refractivity contribution in [2.75, 3.05) is 16.8 Å². The molecule has 1 saturated heterocycles. The van der Waals surface area contributed by atoms with Crippen LogP contribution in [0, 0.1) is 25.6 Å². The largest absolute Gasteiger partial charge is 0.326 e. The first-order valence-electron chi connectivity index (χ1n) is 7.88. The van der Waals surface area contributed by atoms with Crippen LogP contribution in [-0.4, -0.2) is 18.4 Å². The standard InChI is InChI=1S/C19H19FN2O2/c1-12-5-3-8-17(13(12)2)22-11-14(9-18(22)23)19(24)21-16-7-4-6-15(20)10-16/h3-8,10,14H,9,11H2,1-2H3,(H,21,24). The van der Waals surface area contributed by atoms with Gasteiger partial charge in [-0.05, 0) is 49.2 Å². The van der Waals surface area contributed by atoms with E-state index in [9.17, 15) is 14.0 Å². The number of hydrogen-bond donors (Lipinski definition) is 1. The summed E-state index contributed by atoms with van der Waals surface area (Å²) in [6, 6.07) is 11.5. The number of nitrogens with one attached hydrogen (secondary N) is 1. The second-order valence-corrected chi connectivity index (χ2v) is 6.12. The zero-order chi connectivity index (χ0) is 17.3. The van der Waals surface area contributed by atoms with E-state index in [0.29, 0.717) is 12.2 Å². The van der Waals surface area contributed by atoms with Crippen LogP contribution in [0.25, 0.3) is 0 Å². The minimum atomic E-state index is -0.444. The Morgan fingerprint density at radius 3 is 2.71 bits per heavy atom. The Kier molecular flexibility index (Phi) is 4.34. The summed E-state index contributed by atoms with van der Waals surface area (Å²) in [6.45, 7) is 4.30. The predicted octanol–water partition coefficient (Wildman–Crippen LogP) is 3.43. The highest BCUT2D eigenvalue weighted by molar-refractivity contribution is 6.03. The van der Waals surface area contributed by atoms with Gasteiger partial charge in [0.15, 0.2) is 0 Å². The molecule has 0 spiro atoms. The number of halogens is 1. The predicted molar refractivity (Wildman–Crippen MR) is 91.4 cm³/mol.